The lowest BCUT2D eigenvalue weighted by molar-refractivity contribution is -0.137. The van der Waals surface area contributed by atoms with E-state index in [2.05, 4.69) is 15.2 Å². The fraction of sp³-hybridized carbons (Fsp3) is 0.394. The Bertz CT molecular complexity index is 1690. The molecule has 6 rings (SSSR count). The first-order valence-corrected chi connectivity index (χ1v) is 17.3. The average Bonchev–Trinajstić information content (AvgIpc) is 3.15. The molecule has 0 saturated carbocycles. The van der Waals surface area contributed by atoms with E-state index in [1.807, 2.05) is 35.2 Å². The molecule has 254 valence electrons. The SMILES string of the molecule is COC(=O)c1ccc(NC(=O)N2CCN(S(=O)(=O)c3ccc(N4CCOCC4)nc3)C(C(=O)N3CCN(c4ccccc4)CC3)C2)cc1. The first-order valence-electron chi connectivity index (χ1n) is 15.9. The molecule has 0 spiro atoms. The molecule has 15 heteroatoms. The predicted octanol–water partition coefficient (Wildman–Crippen LogP) is 1.96. The van der Waals surface area contributed by atoms with Crippen molar-refractivity contribution < 1.29 is 32.3 Å². The molecule has 0 bridgehead atoms. The molecule has 48 heavy (non-hydrogen) atoms. The van der Waals surface area contributed by atoms with Gasteiger partial charge in [-0.2, -0.15) is 4.31 Å². The molecule has 1 N–H and O–H groups in total. The molecule has 1 aromatic heterocycles. The zero-order chi connectivity index (χ0) is 33.7. The Hall–Kier alpha value is -4.73. The average molecular weight is 678 g/mol. The third kappa shape index (κ3) is 7.22. The van der Waals surface area contributed by atoms with Crippen LogP contribution in [0.5, 0.6) is 0 Å². The first-order chi connectivity index (χ1) is 23.2. The Morgan fingerprint density at radius 3 is 2.15 bits per heavy atom. The van der Waals surface area contributed by atoms with Crippen LogP contribution in [0.25, 0.3) is 0 Å². The molecular weight excluding hydrogens is 638 g/mol. The van der Waals surface area contributed by atoms with Crippen molar-refractivity contribution in [3.05, 3.63) is 78.5 Å². The minimum absolute atomic E-state index is 0.0187. The van der Waals surface area contributed by atoms with Crippen molar-refractivity contribution >= 4 is 45.1 Å². The van der Waals surface area contributed by atoms with Gasteiger partial charge in [-0.25, -0.2) is 23.0 Å². The highest BCUT2D eigenvalue weighted by Crippen LogP contribution is 2.26. The van der Waals surface area contributed by atoms with Crippen molar-refractivity contribution in [1.82, 2.24) is 19.1 Å². The van der Waals surface area contributed by atoms with E-state index < -0.39 is 28.1 Å². The molecule has 3 aliphatic rings. The lowest BCUT2D eigenvalue weighted by Crippen LogP contribution is -2.63. The van der Waals surface area contributed by atoms with E-state index in [0.29, 0.717) is 69.6 Å². The Morgan fingerprint density at radius 1 is 0.812 bits per heavy atom. The van der Waals surface area contributed by atoms with Gasteiger partial charge in [0.15, 0.2) is 0 Å². The van der Waals surface area contributed by atoms with E-state index in [1.165, 1.54) is 40.7 Å². The van der Waals surface area contributed by atoms with Crippen LogP contribution in [0.1, 0.15) is 10.4 Å². The number of para-hydroxylation sites is 1. The van der Waals surface area contributed by atoms with Gasteiger partial charge < -0.3 is 34.4 Å². The van der Waals surface area contributed by atoms with Crippen LogP contribution in [0, 0.1) is 0 Å². The second-order valence-electron chi connectivity index (χ2n) is 11.7. The summed E-state index contributed by atoms with van der Waals surface area (Å²) in [7, 11) is -2.86. The van der Waals surface area contributed by atoms with Crippen LogP contribution < -0.4 is 15.1 Å². The third-order valence-electron chi connectivity index (χ3n) is 8.84. The van der Waals surface area contributed by atoms with Gasteiger partial charge in [0.25, 0.3) is 0 Å². The van der Waals surface area contributed by atoms with Gasteiger partial charge >= 0.3 is 12.0 Å². The maximum atomic E-state index is 14.2. The number of ether oxygens (including phenoxy) is 2. The summed E-state index contributed by atoms with van der Waals surface area (Å²) < 4.78 is 39.6. The number of hydrogen-bond acceptors (Lipinski definition) is 10. The van der Waals surface area contributed by atoms with Crippen LogP contribution in [0.15, 0.2) is 77.8 Å². The fourth-order valence-corrected chi connectivity index (χ4v) is 7.63. The summed E-state index contributed by atoms with van der Waals surface area (Å²) in [6.07, 6.45) is 1.33. The van der Waals surface area contributed by atoms with Crippen molar-refractivity contribution in [2.75, 3.05) is 94.3 Å². The normalized spacial score (nSPS) is 19.1. The lowest BCUT2D eigenvalue weighted by Gasteiger charge is -2.43. The van der Waals surface area contributed by atoms with Gasteiger partial charge in [-0.3, -0.25) is 4.79 Å². The first kappa shape index (κ1) is 33.2. The lowest BCUT2D eigenvalue weighted by atomic mass is 10.1. The number of hydrogen-bond donors (Lipinski definition) is 1. The summed E-state index contributed by atoms with van der Waals surface area (Å²) in [5, 5.41) is 2.79. The maximum absolute atomic E-state index is 14.2. The number of aromatic nitrogens is 1. The van der Waals surface area contributed by atoms with E-state index in [9.17, 15) is 22.8 Å². The molecule has 4 heterocycles. The zero-order valence-corrected chi connectivity index (χ0v) is 27.5. The molecule has 3 fully saturated rings. The summed E-state index contributed by atoms with van der Waals surface area (Å²) in [5.41, 5.74) is 1.83. The van der Waals surface area contributed by atoms with Crippen molar-refractivity contribution in [3.63, 3.8) is 0 Å². The number of piperazine rings is 2. The number of benzene rings is 2. The van der Waals surface area contributed by atoms with Crippen molar-refractivity contribution in [2.24, 2.45) is 0 Å². The summed E-state index contributed by atoms with van der Waals surface area (Å²) in [6.45, 7) is 4.31. The fourth-order valence-electron chi connectivity index (χ4n) is 6.12. The number of carbonyl (C=O) groups excluding carboxylic acids is 3. The molecule has 14 nitrogen and oxygen atoms in total. The number of pyridine rings is 1. The summed E-state index contributed by atoms with van der Waals surface area (Å²) >= 11 is 0. The van der Waals surface area contributed by atoms with Gasteiger partial charge in [-0.15, -0.1) is 0 Å². The topological polar surface area (TPSA) is 145 Å². The number of nitrogens with zero attached hydrogens (tertiary/aromatic N) is 6. The number of carbonyl (C=O) groups is 3. The summed E-state index contributed by atoms with van der Waals surface area (Å²) in [5.74, 6) is -0.200. The van der Waals surface area contributed by atoms with Crippen molar-refractivity contribution in [1.29, 1.82) is 0 Å². The molecule has 0 aliphatic carbocycles. The summed E-state index contributed by atoms with van der Waals surface area (Å²) in [6, 6.07) is 17.7. The monoisotopic (exact) mass is 677 g/mol. The standard InChI is InChI=1S/C33H39N7O7S/c1-46-32(42)25-7-9-26(10-8-25)35-33(43)39-17-18-40(48(44,45)28-11-12-30(34-23-28)37-19-21-47-22-20-37)29(24-39)31(41)38-15-13-36(14-16-38)27-5-3-2-4-6-27/h2-12,23,29H,13-22,24H2,1H3,(H,35,43). The van der Waals surface area contributed by atoms with E-state index in [1.54, 1.807) is 23.1 Å². The van der Waals surface area contributed by atoms with E-state index >= 15 is 0 Å². The molecule has 3 aliphatic heterocycles. The number of esters is 1. The van der Waals surface area contributed by atoms with Gasteiger partial charge in [0.1, 0.15) is 16.8 Å². The second-order valence-corrected chi connectivity index (χ2v) is 13.6. The number of anilines is 3. The molecular formula is C33H39N7O7S. The smallest absolute Gasteiger partial charge is 0.337 e. The van der Waals surface area contributed by atoms with Crippen molar-refractivity contribution in [2.45, 2.75) is 10.9 Å². The van der Waals surface area contributed by atoms with Crippen molar-refractivity contribution in [3.8, 4) is 0 Å². The minimum Gasteiger partial charge on any atom is -0.465 e. The minimum atomic E-state index is -4.15. The zero-order valence-electron chi connectivity index (χ0n) is 26.7. The van der Waals surface area contributed by atoms with Crippen LogP contribution in [0.2, 0.25) is 0 Å². The maximum Gasteiger partial charge on any atom is 0.337 e. The molecule has 1 atom stereocenters. The number of morpholine rings is 1. The van der Waals surface area contributed by atoms with Gasteiger partial charge in [0.05, 0.1) is 25.9 Å². The molecule has 1 unspecified atom stereocenters. The van der Waals surface area contributed by atoms with Crippen LogP contribution >= 0.6 is 0 Å². The Labute approximate surface area is 279 Å². The van der Waals surface area contributed by atoms with E-state index in [4.69, 9.17) is 9.47 Å². The molecule has 0 radical (unpaired) electrons. The Kier molecular flexibility index (Phi) is 10.1. The number of sulfonamides is 1. The van der Waals surface area contributed by atoms with Crippen LogP contribution in [-0.4, -0.2) is 131 Å². The Balaban J connectivity index is 1.20. The second kappa shape index (κ2) is 14.6. The number of nitrogens with one attached hydrogen (secondary N) is 1. The van der Waals surface area contributed by atoms with Crippen LogP contribution in [-0.2, 0) is 24.3 Å². The number of urea groups is 1. The Morgan fingerprint density at radius 2 is 1.50 bits per heavy atom. The number of methoxy groups -OCH3 is 1. The van der Waals surface area contributed by atoms with Gasteiger partial charge in [-0.1, -0.05) is 18.2 Å². The quantitative estimate of drug-likeness (QED) is 0.369. The van der Waals surface area contributed by atoms with Gasteiger partial charge in [-0.05, 0) is 48.5 Å². The molecule has 2 aromatic carbocycles. The van der Waals surface area contributed by atoms with Crippen LogP contribution in [0.4, 0.5) is 22.0 Å². The molecule has 3 saturated heterocycles. The number of rotatable bonds is 7. The largest absolute Gasteiger partial charge is 0.465 e. The van der Waals surface area contributed by atoms with Crippen LogP contribution in [0.3, 0.4) is 0 Å². The highest BCUT2D eigenvalue weighted by atomic mass is 32.2. The van der Waals surface area contributed by atoms with E-state index in [0.717, 1.165) is 5.69 Å². The number of amides is 3. The molecule has 3 aromatic rings. The van der Waals surface area contributed by atoms with Gasteiger partial charge in [0.2, 0.25) is 15.9 Å². The highest BCUT2D eigenvalue weighted by molar-refractivity contribution is 7.89. The molecule has 3 amide bonds. The highest BCUT2D eigenvalue weighted by Gasteiger charge is 2.43. The predicted molar refractivity (Wildman–Crippen MR) is 179 cm³/mol. The van der Waals surface area contributed by atoms with Gasteiger partial charge in [0, 0.05) is 76.5 Å². The van der Waals surface area contributed by atoms with E-state index in [-0.39, 0.29) is 30.4 Å². The third-order valence-corrected chi connectivity index (χ3v) is 10.7. The summed E-state index contributed by atoms with van der Waals surface area (Å²) in [4.78, 5) is 51.1.